The molecule has 0 aliphatic carbocycles. The highest BCUT2D eigenvalue weighted by atomic mass is 16.2. The summed E-state index contributed by atoms with van der Waals surface area (Å²) in [4.78, 5) is 25.2. The molecule has 1 aliphatic rings. The number of hydrogen-bond donors (Lipinski definition) is 1. The Bertz CT molecular complexity index is 554. The summed E-state index contributed by atoms with van der Waals surface area (Å²) in [7, 11) is 3.50. The maximum atomic E-state index is 12.3. The van der Waals surface area contributed by atoms with Crippen molar-refractivity contribution in [2.24, 2.45) is 5.92 Å². The molecule has 4 nitrogen and oxygen atoms in total. The third-order valence-corrected chi connectivity index (χ3v) is 4.37. The number of amides is 2. The van der Waals surface area contributed by atoms with Crippen LogP contribution in [-0.4, -0.2) is 30.8 Å². The second kappa shape index (κ2) is 6.39. The van der Waals surface area contributed by atoms with E-state index < -0.39 is 0 Å². The van der Waals surface area contributed by atoms with Crippen molar-refractivity contribution >= 4 is 11.8 Å². The van der Waals surface area contributed by atoms with E-state index >= 15 is 0 Å². The van der Waals surface area contributed by atoms with Gasteiger partial charge >= 0.3 is 0 Å². The molecule has 2 amide bonds. The predicted octanol–water partition coefficient (Wildman–Crippen LogP) is 2.54. The van der Waals surface area contributed by atoms with Gasteiger partial charge in [0, 0.05) is 18.7 Å². The zero-order chi connectivity index (χ0) is 15.6. The molecule has 1 aliphatic heterocycles. The Kier molecular flexibility index (Phi) is 4.78. The zero-order valence-electron chi connectivity index (χ0n) is 13.3. The van der Waals surface area contributed by atoms with E-state index in [1.54, 1.807) is 7.05 Å². The molecule has 0 saturated heterocycles. The van der Waals surface area contributed by atoms with Crippen LogP contribution < -0.4 is 5.32 Å². The van der Waals surface area contributed by atoms with Crippen molar-refractivity contribution < 1.29 is 9.59 Å². The third kappa shape index (κ3) is 3.00. The van der Waals surface area contributed by atoms with Crippen LogP contribution in [0.1, 0.15) is 54.2 Å². The highest BCUT2D eigenvalue weighted by molar-refractivity contribution is 6.09. The third-order valence-electron chi connectivity index (χ3n) is 4.37. The topological polar surface area (TPSA) is 49.4 Å². The summed E-state index contributed by atoms with van der Waals surface area (Å²) in [5.74, 6) is 0.168. The van der Waals surface area contributed by atoms with E-state index in [0.717, 1.165) is 24.0 Å². The minimum absolute atomic E-state index is 0.134. The molecule has 2 rings (SSSR count). The van der Waals surface area contributed by atoms with Crippen LogP contribution in [-0.2, 0) is 11.2 Å². The predicted molar refractivity (Wildman–Crippen MR) is 83.1 cm³/mol. The van der Waals surface area contributed by atoms with Crippen LogP contribution in [0.5, 0.6) is 0 Å². The van der Waals surface area contributed by atoms with Gasteiger partial charge in [0.15, 0.2) is 0 Å². The van der Waals surface area contributed by atoms with Crippen LogP contribution >= 0.6 is 0 Å². The number of hydrogen-bond acceptors (Lipinski definition) is 3. The van der Waals surface area contributed by atoms with Crippen LogP contribution in [0.15, 0.2) is 18.2 Å². The maximum absolute atomic E-state index is 12.3. The zero-order valence-corrected chi connectivity index (χ0v) is 13.3. The molecule has 0 saturated carbocycles. The molecule has 2 unspecified atom stereocenters. The van der Waals surface area contributed by atoms with Gasteiger partial charge in [0.1, 0.15) is 0 Å². The first-order valence-corrected chi connectivity index (χ1v) is 7.60. The van der Waals surface area contributed by atoms with E-state index in [9.17, 15) is 9.59 Å². The first-order valence-electron chi connectivity index (χ1n) is 7.60. The van der Waals surface area contributed by atoms with Gasteiger partial charge in [-0.05, 0) is 36.6 Å². The fraction of sp³-hybridized carbons (Fsp3) is 0.529. The Balaban J connectivity index is 2.36. The molecule has 1 aromatic rings. The first-order chi connectivity index (χ1) is 9.99. The van der Waals surface area contributed by atoms with E-state index in [1.807, 2.05) is 25.2 Å². The monoisotopic (exact) mass is 288 g/mol. The smallest absolute Gasteiger partial charge is 0.260 e. The average Bonchev–Trinajstić information content (AvgIpc) is 2.46. The molecule has 21 heavy (non-hydrogen) atoms. The summed E-state index contributed by atoms with van der Waals surface area (Å²) in [6, 6.07) is 6.15. The van der Waals surface area contributed by atoms with E-state index in [1.165, 1.54) is 4.90 Å². The lowest BCUT2D eigenvalue weighted by atomic mass is 9.88. The lowest BCUT2D eigenvalue weighted by molar-refractivity contribution is -0.127. The van der Waals surface area contributed by atoms with E-state index in [4.69, 9.17) is 0 Å². The Morgan fingerprint density at radius 2 is 2.05 bits per heavy atom. The van der Waals surface area contributed by atoms with Gasteiger partial charge < -0.3 is 5.32 Å². The summed E-state index contributed by atoms with van der Waals surface area (Å²) in [6.07, 6.45) is 2.59. The molecule has 0 aromatic heterocycles. The maximum Gasteiger partial charge on any atom is 0.260 e. The molecule has 2 atom stereocenters. The summed E-state index contributed by atoms with van der Waals surface area (Å²) < 4.78 is 0. The second-order valence-electron chi connectivity index (χ2n) is 5.88. The van der Waals surface area contributed by atoms with Crippen LogP contribution in [0.2, 0.25) is 0 Å². The fourth-order valence-electron chi connectivity index (χ4n) is 3.12. The van der Waals surface area contributed by atoms with E-state index in [-0.39, 0.29) is 17.9 Å². The quantitative estimate of drug-likeness (QED) is 0.847. The molecular weight excluding hydrogens is 264 g/mol. The number of benzene rings is 1. The number of carbonyl (C=O) groups excluding carboxylic acids is 2. The first kappa shape index (κ1) is 15.7. The molecule has 1 N–H and O–H groups in total. The molecule has 4 heteroatoms. The van der Waals surface area contributed by atoms with Crippen molar-refractivity contribution in [3.8, 4) is 0 Å². The average molecular weight is 288 g/mol. The molecule has 0 bridgehead atoms. The van der Waals surface area contributed by atoms with Gasteiger partial charge in [0.05, 0.1) is 6.42 Å². The Morgan fingerprint density at radius 1 is 1.33 bits per heavy atom. The minimum atomic E-state index is -0.193. The van der Waals surface area contributed by atoms with Crippen molar-refractivity contribution in [3.05, 3.63) is 34.9 Å². The van der Waals surface area contributed by atoms with Crippen molar-refractivity contribution in [1.29, 1.82) is 0 Å². The molecular formula is C17H24N2O2. The number of imide groups is 1. The largest absolute Gasteiger partial charge is 0.313 e. The molecule has 1 aromatic carbocycles. The summed E-state index contributed by atoms with van der Waals surface area (Å²) in [5, 5.41) is 3.35. The Labute approximate surface area is 126 Å². The van der Waals surface area contributed by atoms with Crippen LogP contribution in [0.3, 0.4) is 0 Å². The van der Waals surface area contributed by atoms with Crippen molar-refractivity contribution in [2.75, 3.05) is 14.1 Å². The SMILES string of the molecule is CCCC(C)C(NC)c1ccc2c(c1)C(=O)N(C)C(=O)C2. The van der Waals surface area contributed by atoms with E-state index in [0.29, 0.717) is 17.9 Å². The number of nitrogens with zero attached hydrogens (tertiary/aromatic N) is 1. The van der Waals surface area contributed by atoms with Gasteiger partial charge in [-0.2, -0.15) is 0 Å². The highest BCUT2D eigenvalue weighted by Gasteiger charge is 2.29. The lowest BCUT2D eigenvalue weighted by Crippen LogP contribution is -2.39. The minimum Gasteiger partial charge on any atom is -0.313 e. The summed E-state index contributed by atoms with van der Waals surface area (Å²) in [5.41, 5.74) is 2.62. The normalized spacial score (nSPS) is 17.6. The highest BCUT2D eigenvalue weighted by Crippen LogP contribution is 2.28. The van der Waals surface area contributed by atoms with Gasteiger partial charge in [0.25, 0.3) is 5.91 Å². The Hall–Kier alpha value is -1.68. The van der Waals surface area contributed by atoms with Gasteiger partial charge in [-0.1, -0.05) is 32.4 Å². The number of nitrogens with one attached hydrogen (secondary N) is 1. The summed E-state index contributed by atoms with van der Waals surface area (Å²) in [6.45, 7) is 4.40. The lowest BCUT2D eigenvalue weighted by Gasteiger charge is -2.27. The molecule has 1 heterocycles. The number of rotatable bonds is 5. The Morgan fingerprint density at radius 3 is 2.67 bits per heavy atom. The molecule has 0 radical (unpaired) electrons. The van der Waals surface area contributed by atoms with Crippen molar-refractivity contribution in [2.45, 2.75) is 39.2 Å². The molecule has 0 spiro atoms. The van der Waals surface area contributed by atoms with Crippen molar-refractivity contribution in [3.63, 3.8) is 0 Å². The van der Waals surface area contributed by atoms with Crippen LogP contribution in [0, 0.1) is 5.92 Å². The number of fused-ring (bicyclic) bond motifs is 1. The van der Waals surface area contributed by atoms with Crippen LogP contribution in [0.4, 0.5) is 0 Å². The van der Waals surface area contributed by atoms with Gasteiger partial charge in [-0.3, -0.25) is 14.5 Å². The second-order valence-corrected chi connectivity index (χ2v) is 5.88. The van der Waals surface area contributed by atoms with Gasteiger partial charge in [-0.25, -0.2) is 0 Å². The van der Waals surface area contributed by atoms with Gasteiger partial charge in [0.2, 0.25) is 5.91 Å². The fourth-order valence-corrected chi connectivity index (χ4v) is 3.12. The van der Waals surface area contributed by atoms with Gasteiger partial charge in [-0.15, -0.1) is 0 Å². The number of likely N-dealkylation sites (N-methyl/N-ethyl adjacent to an activating group) is 1. The number of carbonyl (C=O) groups is 2. The molecule has 0 fully saturated rings. The summed E-state index contributed by atoms with van der Waals surface area (Å²) >= 11 is 0. The van der Waals surface area contributed by atoms with Crippen molar-refractivity contribution in [1.82, 2.24) is 10.2 Å². The van der Waals surface area contributed by atoms with Crippen LogP contribution in [0.25, 0.3) is 0 Å². The standard InChI is InChI=1S/C17H24N2O2/c1-5-6-11(2)16(18-3)13-8-7-12-10-15(20)19(4)17(21)14(12)9-13/h7-9,11,16,18H,5-6,10H2,1-4H3. The van der Waals surface area contributed by atoms with E-state index in [2.05, 4.69) is 19.2 Å². The molecule has 114 valence electrons.